The molecule has 0 unspecified atom stereocenters. The van der Waals surface area contributed by atoms with Crippen molar-refractivity contribution >= 4 is 15.9 Å². The van der Waals surface area contributed by atoms with Crippen molar-refractivity contribution in [2.75, 3.05) is 13.2 Å². The lowest BCUT2D eigenvalue weighted by Gasteiger charge is -2.31. The molecule has 0 aliphatic rings. The van der Waals surface area contributed by atoms with Crippen LogP contribution in [0, 0.1) is 0 Å². The second-order valence-electron chi connectivity index (χ2n) is 4.92. The van der Waals surface area contributed by atoms with Crippen molar-refractivity contribution in [3.63, 3.8) is 0 Å². The average Bonchev–Trinajstić information content (AvgIpc) is 2.48. The number of benzene rings is 2. The Labute approximate surface area is 126 Å². The van der Waals surface area contributed by atoms with E-state index in [-0.39, 0.29) is 19.0 Å². The van der Waals surface area contributed by atoms with Crippen LogP contribution in [0.2, 0.25) is 0 Å². The first-order chi connectivity index (χ1) is 9.61. The molecule has 3 N–H and O–H groups in total. The molecule has 3 nitrogen and oxygen atoms in total. The number of aliphatic hydroxyl groups excluding tert-OH is 2. The number of rotatable bonds is 5. The van der Waals surface area contributed by atoms with Crippen LogP contribution in [0.3, 0.4) is 0 Å². The van der Waals surface area contributed by atoms with Crippen LogP contribution in [0.25, 0.3) is 0 Å². The molecule has 0 fully saturated rings. The Kier molecular flexibility index (Phi) is 4.81. The largest absolute Gasteiger partial charge is 0.508 e. The second kappa shape index (κ2) is 6.39. The van der Waals surface area contributed by atoms with E-state index in [1.807, 2.05) is 24.3 Å². The van der Waals surface area contributed by atoms with Gasteiger partial charge < -0.3 is 15.3 Å². The van der Waals surface area contributed by atoms with E-state index in [2.05, 4.69) is 15.9 Å². The van der Waals surface area contributed by atoms with Crippen LogP contribution in [0.15, 0.2) is 53.0 Å². The van der Waals surface area contributed by atoms with Gasteiger partial charge in [-0.05, 0) is 35.7 Å². The van der Waals surface area contributed by atoms with Crippen molar-refractivity contribution in [1.82, 2.24) is 0 Å². The van der Waals surface area contributed by atoms with Gasteiger partial charge in [-0.3, -0.25) is 0 Å². The molecule has 0 saturated heterocycles. The summed E-state index contributed by atoms with van der Waals surface area (Å²) in [4.78, 5) is 0. The molecular weight excluding hydrogens is 320 g/mol. The number of halogens is 1. The number of hydrogen-bond donors (Lipinski definition) is 3. The second-order valence-corrected chi connectivity index (χ2v) is 5.77. The summed E-state index contributed by atoms with van der Waals surface area (Å²) in [5, 5.41) is 29.0. The Hall–Kier alpha value is -1.36. The lowest BCUT2D eigenvalue weighted by atomic mass is 9.77. The smallest absolute Gasteiger partial charge is 0.115 e. The summed E-state index contributed by atoms with van der Waals surface area (Å²) in [6, 6.07) is 14.4. The van der Waals surface area contributed by atoms with Gasteiger partial charge in [-0.1, -0.05) is 46.3 Å². The first-order valence-corrected chi connectivity index (χ1v) is 7.15. The van der Waals surface area contributed by atoms with Crippen LogP contribution in [-0.4, -0.2) is 28.5 Å². The summed E-state index contributed by atoms with van der Waals surface area (Å²) in [7, 11) is 0. The molecule has 2 aromatic carbocycles. The van der Waals surface area contributed by atoms with Gasteiger partial charge in [0.25, 0.3) is 0 Å². The monoisotopic (exact) mass is 336 g/mol. The maximum absolute atomic E-state index is 9.84. The lowest BCUT2D eigenvalue weighted by Crippen LogP contribution is -2.37. The summed E-state index contributed by atoms with van der Waals surface area (Å²) >= 11 is 3.48. The van der Waals surface area contributed by atoms with Crippen LogP contribution in [0.4, 0.5) is 0 Å². The van der Waals surface area contributed by atoms with E-state index in [0.717, 1.165) is 15.6 Å². The average molecular weight is 337 g/mol. The highest BCUT2D eigenvalue weighted by Crippen LogP contribution is 2.33. The zero-order valence-electron chi connectivity index (χ0n) is 11.0. The van der Waals surface area contributed by atoms with E-state index >= 15 is 0 Å². The molecule has 0 amide bonds. The van der Waals surface area contributed by atoms with Crippen LogP contribution < -0.4 is 0 Å². The van der Waals surface area contributed by atoms with Crippen molar-refractivity contribution in [2.45, 2.75) is 11.8 Å². The van der Waals surface area contributed by atoms with Crippen LogP contribution in [0.5, 0.6) is 5.75 Å². The lowest BCUT2D eigenvalue weighted by molar-refractivity contribution is 0.115. The molecule has 0 aliphatic carbocycles. The Morgan fingerprint density at radius 1 is 0.900 bits per heavy atom. The summed E-state index contributed by atoms with van der Waals surface area (Å²) in [6.07, 6.45) is 0.489. The predicted molar refractivity (Wildman–Crippen MR) is 81.8 cm³/mol. The maximum Gasteiger partial charge on any atom is 0.115 e. The standard InChI is InChI=1S/C16H17BrO3/c17-15-4-2-1-3-14(15)16(10-18,11-19)9-12-5-7-13(20)8-6-12/h1-8,18-20H,9-11H2. The van der Waals surface area contributed by atoms with Crippen molar-refractivity contribution in [3.05, 3.63) is 64.1 Å². The highest BCUT2D eigenvalue weighted by Gasteiger charge is 2.33. The molecule has 4 heteroatoms. The zero-order valence-corrected chi connectivity index (χ0v) is 12.5. The highest BCUT2D eigenvalue weighted by molar-refractivity contribution is 9.10. The zero-order chi connectivity index (χ0) is 14.6. The summed E-state index contributed by atoms with van der Waals surface area (Å²) in [5.74, 6) is 0.202. The van der Waals surface area contributed by atoms with Gasteiger partial charge in [0, 0.05) is 9.89 Å². The Bertz CT molecular complexity index is 562. The molecule has 2 aromatic rings. The van der Waals surface area contributed by atoms with E-state index < -0.39 is 5.41 Å². The Morgan fingerprint density at radius 2 is 1.50 bits per heavy atom. The molecule has 0 radical (unpaired) electrons. The van der Waals surface area contributed by atoms with Gasteiger partial charge in [-0.25, -0.2) is 0 Å². The number of phenols is 1. The maximum atomic E-state index is 9.84. The van der Waals surface area contributed by atoms with E-state index in [4.69, 9.17) is 0 Å². The molecule has 0 atom stereocenters. The molecule has 0 aliphatic heterocycles. The van der Waals surface area contributed by atoms with Gasteiger partial charge in [0.05, 0.1) is 13.2 Å². The van der Waals surface area contributed by atoms with Crippen molar-refractivity contribution in [3.8, 4) is 5.75 Å². The number of phenolic OH excluding ortho intramolecular Hbond substituents is 1. The summed E-state index contributed by atoms with van der Waals surface area (Å²) in [5.41, 5.74) is 1.07. The SMILES string of the molecule is OCC(CO)(Cc1ccc(O)cc1)c1ccccc1Br. The molecule has 0 saturated carbocycles. The fourth-order valence-electron chi connectivity index (χ4n) is 2.32. The molecular formula is C16H17BrO3. The van der Waals surface area contributed by atoms with Gasteiger partial charge in [0.15, 0.2) is 0 Å². The third-order valence-corrected chi connectivity index (χ3v) is 4.22. The third-order valence-electron chi connectivity index (χ3n) is 3.53. The molecule has 0 spiro atoms. The van der Waals surface area contributed by atoms with Crippen LogP contribution in [0.1, 0.15) is 11.1 Å². The van der Waals surface area contributed by atoms with E-state index in [1.165, 1.54) is 0 Å². The fourth-order valence-corrected chi connectivity index (χ4v) is 3.03. The minimum Gasteiger partial charge on any atom is -0.508 e. The topological polar surface area (TPSA) is 60.7 Å². The Morgan fingerprint density at radius 3 is 2.05 bits per heavy atom. The number of aromatic hydroxyl groups is 1. The first kappa shape index (κ1) is 15.0. The number of aliphatic hydroxyl groups is 2. The molecule has 20 heavy (non-hydrogen) atoms. The van der Waals surface area contributed by atoms with Gasteiger partial charge in [0.1, 0.15) is 5.75 Å². The summed E-state index contributed by atoms with van der Waals surface area (Å²) in [6.45, 7) is -0.319. The van der Waals surface area contributed by atoms with Gasteiger partial charge in [0.2, 0.25) is 0 Å². The van der Waals surface area contributed by atoms with Crippen molar-refractivity contribution in [2.24, 2.45) is 0 Å². The van der Waals surface area contributed by atoms with Crippen LogP contribution >= 0.6 is 15.9 Å². The minimum absolute atomic E-state index is 0.160. The fraction of sp³-hybridized carbons (Fsp3) is 0.250. The third kappa shape index (κ3) is 3.03. The quantitative estimate of drug-likeness (QED) is 0.786. The van der Waals surface area contributed by atoms with Crippen molar-refractivity contribution < 1.29 is 15.3 Å². The molecule has 0 heterocycles. The molecule has 106 valence electrons. The van der Waals surface area contributed by atoms with Crippen LogP contribution in [-0.2, 0) is 11.8 Å². The molecule has 0 aromatic heterocycles. The van der Waals surface area contributed by atoms with E-state index in [0.29, 0.717) is 6.42 Å². The van der Waals surface area contributed by atoms with Gasteiger partial charge in [-0.2, -0.15) is 0 Å². The highest BCUT2D eigenvalue weighted by atomic mass is 79.9. The first-order valence-electron chi connectivity index (χ1n) is 6.36. The normalized spacial score (nSPS) is 11.6. The Balaban J connectivity index is 2.39. The van der Waals surface area contributed by atoms with Gasteiger partial charge in [-0.15, -0.1) is 0 Å². The predicted octanol–water partition coefficient (Wildman–Crippen LogP) is 2.62. The van der Waals surface area contributed by atoms with Crippen molar-refractivity contribution in [1.29, 1.82) is 0 Å². The molecule has 2 rings (SSSR count). The summed E-state index contributed by atoms with van der Waals surface area (Å²) < 4.78 is 0.863. The van der Waals surface area contributed by atoms with E-state index in [9.17, 15) is 15.3 Å². The minimum atomic E-state index is -0.753. The van der Waals surface area contributed by atoms with Gasteiger partial charge >= 0.3 is 0 Å². The molecule has 0 bridgehead atoms. The van der Waals surface area contributed by atoms with E-state index in [1.54, 1.807) is 24.3 Å². The number of hydrogen-bond acceptors (Lipinski definition) is 3.